The predicted octanol–water partition coefficient (Wildman–Crippen LogP) is -0.909. The van der Waals surface area contributed by atoms with E-state index in [9.17, 15) is 0 Å². The molecule has 3 heteroatoms. The number of hydrogen-bond acceptors (Lipinski definition) is 2. The van der Waals surface area contributed by atoms with Gasteiger partial charge in [0.15, 0.2) is 9.04 Å². The Balaban J connectivity index is 2.63. The quantitative estimate of drug-likeness (QED) is 0.446. The van der Waals surface area contributed by atoms with Crippen molar-refractivity contribution in [2.45, 2.75) is 6.55 Å². The second kappa shape index (κ2) is 3.33. The van der Waals surface area contributed by atoms with Gasteiger partial charge in [0.2, 0.25) is 0 Å². The molecule has 0 aliphatic heterocycles. The minimum atomic E-state index is -1.28. The summed E-state index contributed by atoms with van der Waals surface area (Å²) in [5.41, 5.74) is 0. The fourth-order valence-electron chi connectivity index (χ4n) is 0.295. The van der Waals surface area contributed by atoms with Crippen LogP contribution >= 0.6 is 0 Å². The van der Waals surface area contributed by atoms with Crippen LogP contribution in [0.25, 0.3) is 0 Å². The van der Waals surface area contributed by atoms with Crippen LogP contribution < -0.4 is 5.32 Å². The fraction of sp³-hybridized carbons (Fsp3) is 1.00. The van der Waals surface area contributed by atoms with Crippen molar-refractivity contribution in [1.29, 1.82) is 0 Å². The highest BCUT2D eigenvalue weighted by Crippen LogP contribution is 1.63. The monoisotopic (exact) mass is 105 g/mol. The van der Waals surface area contributed by atoms with E-state index in [1.165, 1.54) is 0 Å². The van der Waals surface area contributed by atoms with E-state index in [1.54, 1.807) is 0 Å². The molecule has 0 amide bonds. The maximum absolute atomic E-state index is 8.63. The van der Waals surface area contributed by atoms with Gasteiger partial charge in [-0.2, -0.15) is 0 Å². The molecule has 0 aliphatic carbocycles. The summed E-state index contributed by atoms with van der Waals surface area (Å²) in [5.74, 6) is 0. The molecule has 0 aromatic rings. The SMILES string of the molecule is CNC[SiH](C)O. The van der Waals surface area contributed by atoms with Crippen LogP contribution in [0.1, 0.15) is 0 Å². The molecule has 0 aromatic carbocycles. The number of nitrogens with one attached hydrogen (secondary N) is 1. The van der Waals surface area contributed by atoms with Crippen LogP contribution in [0.5, 0.6) is 0 Å². The summed E-state index contributed by atoms with van der Waals surface area (Å²) in [7, 11) is 0.565. The van der Waals surface area contributed by atoms with E-state index in [2.05, 4.69) is 5.32 Å². The van der Waals surface area contributed by atoms with Crippen molar-refractivity contribution >= 4 is 9.04 Å². The minimum absolute atomic E-state index is 0.819. The van der Waals surface area contributed by atoms with E-state index in [0.717, 1.165) is 6.17 Å². The van der Waals surface area contributed by atoms with Gasteiger partial charge in [0.25, 0.3) is 0 Å². The van der Waals surface area contributed by atoms with Crippen molar-refractivity contribution in [3.05, 3.63) is 0 Å². The van der Waals surface area contributed by atoms with Crippen molar-refractivity contribution in [2.75, 3.05) is 13.2 Å². The predicted molar refractivity (Wildman–Crippen MR) is 29.2 cm³/mol. The zero-order valence-corrected chi connectivity index (χ0v) is 5.39. The zero-order chi connectivity index (χ0) is 4.99. The van der Waals surface area contributed by atoms with Gasteiger partial charge in [0.1, 0.15) is 0 Å². The lowest BCUT2D eigenvalue weighted by Crippen LogP contribution is -2.24. The van der Waals surface area contributed by atoms with Gasteiger partial charge in [-0.1, -0.05) is 0 Å². The normalized spacial score (nSPS) is 14.5. The summed E-state index contributed by atoms with van der Waals surface area (Å²) in [6, 6.07) is 0. The molecule has 0 fully saturated rings. The van der Waals surface area contributed by atoms with Gasteiger partial charge in [-0.15, -0.1) is 0 Å². The average molecular weight is 105 g/mol. The Morgan fingerprint density at radius 1 is 1.83 bits per heavy atom. The van der Waals surface area contributed by atoms with Gasteiger partial charge < -0.3 is 10.1 Å². The zero-order valence-electron chi connectivity index (χ0n) is 4.23. The molecule has 0 rings (SSSR count). The summed E-state index contributed by atoms with van der Waals surface area (Å²) in [5, 5.41) is 2.88. The molecule has 6 heavy (non-hydrogen) atoms. The Kier molecular flexibility index (Phi) is 3.41. The largest absolute Gasteiger partial charge is 0.434 e. The Hall–Kier alpha value is 0.137. The van der Waals surface area contributed by atoms with E-state index in [-0.39, 0.29) is 0 Å². The van der Waals surface area contributed by atoms with Crippen LogP contribution in [-0.4, -0.2) is 27.1 Å². The maximum Gasteiger partial charge on any atom is 0.183 e. The second-order valence-electron chi connectivity index (χ2n) is 1.41. The molecule has 1 atom stereocenters. The molecule has 0 bridgehead atoms. The van der Waals surface area contributed by atoms with Crippen molar-refractivity contribution < 1.29 is 4.80 Å². The van der Waals surface area contributed by atoms with Crippen LogP contribution in [-0.2, 0) is 0 Å². The van der Waals surface area contributed by atoms with Crippen LogP contribution in [0, 0.1) is 0 Å². The Labute approximate surface area is 39.9 Å². The highest BCUT2D eigenvalue weighted by atomic mass is 28.3. The molecule has 1 unspecified atom stereocenters. The van der Waals surface area contributed by atoms with Gasteiger partial charge >= 0.3 is 0 Å². The summed E-state index contributed by atoms with van der Waals surface area (Å²) in [4.78, 5) is 8.63. The molecule has 0 radical (unpaired) electrons. The first-order valence-electron chi connectivity index (χ1n) is 2.10. The molecule has 0 aliphatic rings. The fourth-order valence-corrected chi connectivity index (χ4v) is 0.886. The third-order valence-electron chi connectivity index (χ3n) is 0.500. The summed E-state index contributed by atoms with van der Waals surface area (Å²) in [6.07, 6.45) is 0.819. The molecule has 38 valence electrons. The first kappa shape index (κ1) is 6.14. The average Bonchev–Trinajstić information content (AvgIpc) is 1.35. The molecule has 0 heterocycles. The molecule has 0 spiro atoms. The first-order valence-corrected chi connectivity index (χ1v) is 4.58. The summed E-state index contributed by atoms with van der Waals surface area (Å²) < 4.78 is 0. The number of hydrogen-bond donors (Lipinski definition) is 2. The maximum atomic E-state index is 8.63. The highest BCUT2D eigenvalue weighted by Gasteiger charge is 1.90. The molecule has 0 aromatic heterocycles. The van der Waals surface area contributed by atoms with Gasteiger partial charge in [0.05, 0.1) is 0 Å². The number of rotatable bonds is 2. The van der Waals surface area contributed by atoms with E-state index < -0.39 is 9.04 Å². The molecule has 2 N–H and O–H groups in total. The highest BCUT2D eigenvalue weighted by molar-refractivity contribution is 6.48. The molecule has 0 saturated heterocycles. The van der Waals surface area contributed by atoms with Crippen LogP contribution in [0.3, 0.4) is 0 Å². The minimum Gasteiger partial charge on any atom is -0.434 e. The Morgan fingerprint density at radius 3 is 2.33 bits per heavy atom. The van der Waals surface area contributed by atoms with Gasteiger partial charge in [-0.25, -0.2) is 0 Å². The molecular weight excluding hydrogens is 94.1 g/mol. The first-order chi connectivity index (χ1) is 2.77. The lowest BCUT2D eigenvalue weighted by Gasteiger charge is -1.95. The third kappa shape index (κ3) is 4.14. The summed E-state index contributed by atoms with van der Waals surface area (Å²) >= 11 is 0. The van der Waals surface area contributed by atoms with Gasteiger partial charge in [-0.05, 0) is 13.6 Å². The smallest absolute Gasteiger partial charge is 0.183 e. The molecule has 2 nitrogen and oxygen atoms in total. The van der Waals surface area contributed by atoms with Crippen LogP contribution in [0.2, 0.25) is 6.55 Å². The van der Waals surface area contributed by atoms with Crippen molar-refractivity contribution in [3.8, 4) is 0 Å². The van der Waals surface area contributed by atoms with E-state index in [0.29, 0.717) is 0 Å². The Bertz CT molecular complexity index is 32.0. The van der Waals surface area contributed by atoms with E-state index in [4.69, 9.17) is 4.80 Å². The lowest BCUT2D eigenvalue weighted by molar-refractivity contribution is 0.571. The lowest BCUT2D eigenvalue weighted by atomic mass is 11.3. The standard InChI is InChI=1S/C3H11NOSi/c1-4-3-6(2)5/h4-6H,3H2,1-2H3. The summed E-state index contributed by atoms with van der Waals surface area (Å²) in [6.45, 7) is 1.89. The topological polar surface area (TPSA) is 32.3 Å². The van der Waals surface area contributed by atoms with Gasteiger partial charge in [0, 0.05) is 6.17 Å². The third-order valence-corrected chi connectivity index (χ3v) is 1.50. The van der Waals surface area contributed by atoms with E-state index >= 15 is 0 Å². The molecular formula is C3H11NOSi. The van der Waals surface area contributed by atoms with Crippen molar-refractivity contribution in [3.63, 3.8) is 0 Å². The van der Waals surface area contributed by atoms with Gasteiger partial charge in [-0.3, -0.25) is 0 Å². The van der Waals surface area contributed by atoms with Crippen molar-refractivity contribution in [1.82, 2.24) is 5.32 Å². The second-order valence-corrected chi connectivity index (χ2v) is 3.51. The van der Waals surface area contributed by atoms with Crippen LogP contribution in [0.4, 0.5) is 0 Å². The van der Waals surface area contributed by atoms with Crippen LogP contribution in [0.15, 0.2) is 0 Å². The van der Waals surface area contributed by atoms with E-state index in [1.807, 2.05) is 13.6 Å². The van der Waals surface area contributed by atoms with Crippen molar-refractivity contribution in [2.24, 2.45) is 0 Å². The Morgan fingerprint density at radius 2 is 2.33 bits per heavy atom. The molecule has 0 saturated carbocycles.